The molecule has 0 aliphatic carbocycles. The Hall–Kier alpha value is -3.29. The number of hydrogen-bond donors (Lipinski definition) is 4. The fraction of sp³-hybridized carbons (Fsp3) is 0.0870. The van der Waals surface area contributed by atoms with E-state index in [0.29, 0.717) is 28.7 Å². The molecule has 0 spiro atoms. The van der Waals surface area contributed by atoms with Crippen molar-refractivity contribution >= 4 is 11.0 Å². The zero-order valence-electron chi connectivity index (χ0n) is 15.6. The molecular formula is C23H20N4O2. The van der Waals surface area contributed by atoms with E-state index in [1.165, 1.54) is 0 Å². The van der Waals surface area contributed by atoms with Gasteiger partial charge in [0.1, 0.15) is 17.5 Å². The highest BCUT2D eigenvalue weighted by molar-refractivity contribution is 5.80. The first-order valence-electron chi connectivity index (χ1n) is 9.49. The Balaban J connectivity index is 1.58. The average molecular weight is 384 g/mol. The van der Waals surface area contributed by atoms with E-state index >= 15 is 0 Å². The van der Waals surface area contributed by atoms with Crippen LogP contribution in [0.2, 0.25) is 0 Å². The van der Waals surface area contributed by atoms with Gasteiger partial charge in [0.25, 0.3) is 0 Å². The largest absolute Gasteiger partial charge is 0.456 e. The molecule has 0 saturated carbocycles. The van der Waals surface area contributed by atoms with Crippen LogP contribution in [0, 0.1) is 0 Å². The van der Waals surface area contributed by atoms with Gasteiger partial charge in [-0.15, -0.1) is 0 Å². The summed E-state index contributed by atoms with van der Waals surface area (Å²) in [5.41, 5.74) is 16.1. The van der Waals surface area contributed by atoms with Crippen molar-refractivity contribution < 1.29 is 4.42 Å². The van der Waals surface area contributed by atoms with Crippen LogP contribution in [0.25, 0.3) is 22.3 Å². The van der Waals surface area contributed by atoms with Gasteiger partial charge in [-0.25, -0.2) is 10.9 Å². The number of benzene rings is 3. The van der Waals surface area contributed by atoms with Gasteiger partial charge in [0, 0.05) is 17.5 Å². The molecule has 3 aromatic carbocycles. The fourth-order valence-electron chi connectivity index (χ4n) is 3.62. The second-order valence-corrected chi connectivity index (χ2v) is 6.99. The van der Waals surface area contributed by atoms with Gasteiger partial charge in [0.05, 0.1) is 5.39 Å². The third-order valence-corrected chi connectivity index (χ3v) is 5.12. The molecule has 1 aliphatic rings. The highest BCUT2D eigenvalue weighted by atomic mass is 16.3. The second-order valence-electron chi connectivity index (χ2n) is 6.99. The molecule has 1 aromatic heterocycles. The highest BCUT2D eigenvalue weighted by Crippen LogP contribution is 2.27. The molecule has 1 fully saturated rings. The van der Waals surface area contributed by atoms with E-state index in [0.717, 1.165) is 16.7 Å². The third kappa shape index (κ3) is 3.46. The molecule has 4 aromatic rings. The lowest BCUT2D eigenvalue weighted by Gasteiger charge is -2.12. The monoisotopic (exact) mass is 384 g/mol. The number of fused-ring (bicyclic) bond motifs is 1. The predicted octanol–water partition coefficient (Wildman–Crippen LogP) is 3.17. The van der Waals surface area contributed by atoms with Crippen molar-refractivity contribution in [1.82, 2.24) is 21.9 Å². The lowest BCUT2D eigenvalue weighted by atomic mass is 9.97. The quantitative estimate of drug-likeness (QED) is 0.433. The number of rotatable bonds is 4. The maximum absolute atomic E-state index is 13.3. The normalized spacial score (nSPS) is 14.5. The minimum absolute atomic E-state index is 0.0160. The molecular weight excluding hydrogens is 364 g/mol. The first-order valence-corrected chi connectivity index (χ1v) is 9.49. The Morgan fingerprint density at radius 2 is 1.48 bits per heavy atom. The van der Waals surface area contributed by atoms with Crippen molar-refractivity contribution in [2.45, 2.75) is 12.6 Å². The molecule has 6 nitrogen and oxygen atoms in total. The van der Waals surface area contributed by atoms with Crippen molar-refractivity contribution in [2.24, 2.45) is 0 Å². The van der Waals surface area contributed by atoms with Gasteiger partial charge in [-0.2, -0.15) is 11.1 Å². The van der Waals surface area contributed by atoms with Gasteiger partial charge in [-0.1, -0.05) is 66.7 Å². The standard InChI is InChI=1S/C23H20N4O2/c28-21-18-8-4-5-9-20(18)29-22(16-6-2-1-3-7-16)19(21)14-15-10-12-17(13-11-15)23-24-26-27-25-23/h1-13,23-27H,14H2. The van der Waals surface area contributed by atoms with Gasteiger partial charge >= 0.3 is 0 Å². The SMILES string of the molecule is O=c1c(Cc2ccc(C3NNNN3)cc2)c(-c2ccccc2)oc2ccccc12. The Morgan fingerprint density at radius 1 is 0.793 bits per heavy atom. The smallest absolute Gasteiger partial charge is 0.196 e. The van der Waals surface area contributed by atoms with E-state index in [2.05, 4.69) is 21.9 Å². The van der Waals surface area contributed by atoms with Crippen LogP contribution in [0.5, 0.6) is 0 Å². The van der Waals surface area contributed by atoms with Crippen LogP contribution in [0.1, 0.15) is 22.9 Å². The van der Waals surface area contributed by atoms with Crippen LogP contribution >= 0.6 is 0 Å². The first kappa shape index (κ1) is 17.8. The van der Waals surface area contributed by atoms with Crippen LogP contribution < -0.4 is 27.3 Å². The van der Waals surface area contributed by atoms with Crippen LogP contribution in [0.15, 0.2) is 88.1 Å². The fourth-order valence-corrected chi connectivity index (χ4v) is 3.62. The summed E-state index contributed by atoms with van der Waals surface area (Å²) < 4.78 is 6.20. The minimum atomic E-state index is -0.0188. The number of hydrazine groups is 3. The van der Waals surface area contributed by atoms with Gasteiger partial charge in [-0.3, -0.25) is 4.79 Å². The molecule has 0 amide bonds. The van der Waals surface area contributed by atoms with Crippen molar-refractivity contribution in [3.05, 3.63) is 106 Å². The second kappa shape index (κ2) is 7.62. The zero-order valence-corrected chi connectivity index (χ0v) is 15.6. The Bertz CT molecular complexity index is 1200. The van der Waals surface area contributed by atoms with E-state index in [-0.39, 0.29) is 11.6 Å². The van der Waals surface area contributed by atoms with Crippen LogP contribution in [0.4, 0.5) is 0 Å². The van der Waals surface area contributed by atoms with E-state index < -0.39 is 0 Å². The maximum Gasteiger partial charge on any atom is 0.196 e. The lowest BCUT2D eigenvalue weighted by Crippen LogP contribution is -2.33. The molecule has 1 saturated heterocycles. The maximum atomic E-state index is 13.3. The number of hydrogen-bond acceptors (Lipinski definition) is 6. The molecule has 0 radical (unpaired) electrons. The Kier molecular flexibility index (Phi) is 4.67. The van der Waals surface area contributed by atoms with E-state index in [1.54, 1.807) is 0 Å². The van der Waals surface area contributed by atoms with Crippen molar-refractivity contribution in [3.63, 3.8) is 0 Å². The van der Waals surface area contributed by atoms with Crippen molar-refractivity contribution in [3.8, 4) is 11.3 Å². The molecule has 4 N–H and O–H groups in total. The van der Waals surface area contributed by atoms with E-state index in [9.17, 15) is 4.79 Å². The van der Waals surface area contributed by atoms with Gasteiger partial charge < -0.3 is 4.42 Å². The molecule has 2 heterocycles. The summed E-state index contributed by atoms with van der Waals surface area (Å²) in [5.74, 6) is 0.630. The molecule has 29 heavy (non-hydrogen) atoms. The lowest BCUT2D eigenvalue weighted by molar-refractivity contribution is 0.554. The van der Waals surface area contributed by atoms with Crippen LogP contribution in [-0.4, -0.2) is 0 Å². The van der Waals surface area contributed by atoms with Crippen molar-refractivity contribution in [1.29, 1.82) is 0 Å². The average Bonchev–Trinajstić information content (AvgIpc) is 3.32. The van der Waals surface area contributed by atoms with E-state index in [4.69, 9.17) is 4.42 Å². The summed E-state index contributed by atoms with van der Waals surface area (Å²) in [5, 5.41) is 0.607. The van der Waals surface area contributed by atoms with Gasteiger partial charge in [-0.05, 0) is 23.3 Å². The molecule has 1 aliphatic heterocycles. The summed E-state index contributed by atoms with van der Waals surface area (Å²) in [6.07, 6.45) is 0.481. The van der Waals surface area contributed by atoms with E-state index in [1.807, 2.05) is 78.9 Å². The van der Waals surface area contributed by atoms with Crippen molar-refractivity contribution in [2.75, 3.05) is 0 Å². The minimum Gasteiger partial charge on any atom is -0.456 e. The Labute approximate surface area is 167 Å². The summed E-state index contributed by atoms with van der Waals surface area (Å²) >= 11 is 0. The molecule has 6 heteroatoms. The number of nitrogens with one attached hydrogen (secondary N) is 4. The zero-order chi connectivity index (χ0) is 19.6. The van der Waals surface area contributed by atoms with Crippen LogP contribution in [0.3, 0.4) is 0 Å². The first-order chi connectivity index (χ1) is 14.3. The molecule has 5 rings (SSSR count). The summed E-state index contributed by atoms with van der Waals surface area (Å²) in [6, 6.07) is 25.4. The van der Waals surface area contributed by atoms with Crippen LogP contribution in [-0.2, 0) is 6.42 Å². The summed E-state index contributed by atoms with van der Waals surface area (Å²) in [4.78, 5) is 13.3. The van der Waals surface area contributed by atoms with Gasteiger partial charge in [0.15, 0.2) is 5.43 Å². The summed E-state index contributed by atoms with van der Waals surface area (Å²) in [6.45, 7) is 0. The predicted molar refractivity (Wildman–Crippen MR) is 112 cm³/mol. The molecule has 0 unspecified atom stereocenters. The van der Waals surface area contributed by atoms with Gasteiger partial charge in [0.2, 0.25) is 0 Å². The molecule has 144 valence electrons. The third-order valence-electron chi connectivity index (χ3n) is 5.12. The topological polar surface area (TPSA) is 78.3 Å². The Morgan fingerprint density at radius 3 is 2.24 bits per heavy atom. The number of para-hydroxylation sites is 1. The molecule has 0 atom stereocenters. The summed E-state index contributed by atoms with van der Waals surface area (Å²) in [7, 11) is 0. The highest BCUT2D eigenvalue weighted by Gasteiger charge is 2.18. The molecule has 0 bridgehead atoms.